The van der Waals surface area contributed by atoms with Gasteiger partial charge in [0.15, 0.2) is 0 Å². The minimum atomic E-state index is -4.38. The van der Waals surface area contributed by atoms with Gasteiger partial charge in [-0.15, -0.1) is 0 Å². The number of nitro benzene ring substituents is 1. The second kappa shape index (κ2) is 5.57. The van der Waals surface area contributed by atoms with Crippen LogP contribution >= 0.6 is 0 Å². The van der Waals surface area contributed by atoms with Gasteiger partial charge in [-0.05, 0) is 42.7 Å². The van der Waals surface area contributed by atoms with Crippen LogP contribution in [0.3, 0.4) is 0 Å². The molecule has 4 nitrogen and oxygen atoms in total. The fraction of sp³-hybridized carbons (Fsp3) is 0.250. The largest absolute Gasteiger partial charge is 0.416 e. The number of anilines is 2. The Morgan fingerprint density at radius 2 is 1.78 bits per heavy atom. The molecule has 7 heteroatoms. The Morgan fingerprint density at radius 3 is 2.39 bits per heavy atom. The number of nitrogens with zero attached hydrogens (tertiary/aromatic N) is 2. The second-order valence-corrected chi connectivity index (χ2v) is 5.37. The summed E-state index contributed by atoms with van der Waals surface area (Å²) in [5.74, 6) is 0. The molecular weight excluding hydrogens is 309 g/mol. The summed E-state index contributed by atoms with van der Waals surface area (Å²) < 4.78 is 38.0. The van der Waals surface area contributed by atoms with Gasteiger partial charge in [-0.1, -0.05) is 6.07 Å². The van der Waals surface area contributed by atoms with Gasteiger partial charge in [0.25, 0.3) is 5.69 Å². The Labute approximate surface area is 130 Å². The third-order valence-electron chi connectivity index (χ3n) is 3.90. The number of halogens is 3. The molecule has 0 bridgehead atoms. The summed E-state index contributed by atoms with van der Waals surface area (Å²) in [5, 5.41) is 10.9. The molecule has 0 radical (unpaired) electrons. The highest BCUT2D eigenvalue weighted by Crippen LogP contribution is 2.37. The zero-order valence-corrected chi connectivity index (χ0v) is 12.0. The van der Waals surface area contributed by atoms with Crippen molar-refractivity contribution in [3.8, 4) is 0 Å². The van der Waals surface area contributed by atoms with Crippen molar-refractivity contribution in [3.05, 3.63) is 63.7 Å². The van der Waals surface area contributed by atoms with E-state index in [0.29, 0.717) is 17.9 Å². The Bertz CT molecular complexity index is 742. The molecule has 0 fully saturated rings. The number of benzene rings is 2. The molecule has 120 valence electrons. The monoisotopic (exact) mass is 322 g/mol. The standard InChI is InChI=1S/C16H13F3N2O2/c17-16(18,19)12-4-7-13(8-5-12)20-9-1-2-11-3-6-14(21(22)23)10-15(11)20/h3-8,10H,1-2,9H2. The molecule has 0 amide bonds. The average molecular weight is 322 g/mol. The lowest BCUT2D eigenvalue weighted by Crippen LogP contribution is -2.24. The number of aryl methyl sites for hydroxylation is 1. The molecule has 1 aliphatic heterocycles. The average Bonchev–Trinajstić information content (AvgIpc) is 2.53. The van der Waals surface area contributed by atoms with Crippen molar-refractivity contribution < 1.29 is 18.1 Å². The van der Waals surface area contributed by atoms with Crippen molar-refractivity contribution in [2.75, 3.05) is 11.4 Å². The molecule has 0 saturated heterocycles. The van der Waals surface area contributed by atoms with Gasteiger partial charge < -0.3 is 4.90 Å². The molecule has 0 atom stereocenters. The van der Waals surface area contributed by atoms with E-state index in [4.69, 9.17) is 0 Å². The highest BCUT2D eigenvalue weighted by molar-refractivity contribution is 5.70. The quantitative estimate of drug-likeness (QED) is 0.595. The van der Waals surface area contributed by atoms with Crippen molar-refractivity contribution in [1.29, 1.82) is 0 Å². The Hall–Kier alpha value is -2.57. The number of nitro groups is 1. The highest BCUT2D eigenvalue weighted by atomic mass is 19.4. The van der Waals surface area contributed by atoms with E-state index >= 15 is 0 Å². The fourth-order valence-corrected chi connectivity index (χ4v) is 2.78. The van der Waals surface area contributed by atoms with E-state index in [1.165, 1.54) is 24.3 Å². The summed E-state index contributed by atoms with van der Waals surface area (Å²) in [4.78, 5) is 12.3. The van der Waals surface area contributed by atoms with Gasteiger partial charge in [0, 0.05) is 24.4 Å². The van der Waals surface area contributed by atoms with Crippen LogP contribution in [0.25, 0.3) is 0 Å². The van der Waals surface area contributed by atoms with E-state index in [1.54, 1.807) is 6.07 Å². The number of fused-ring (bicyclic) bond motifs is 1. The van der Waals surface area contributed by atoms with Crippen molar-refractivity contribution in [2.45, 2.75) is 19.0 Å². The zero-order chi connectivity index (χ0) is 16.6. The minimum absolute atomic E-state index is 0.0254. The number of alkyl halides is 3. The molecule has 0 aromatic heterocycles. The Kier molecular flexibility index (Phi) is 3.71. The number of hydrogen-bond donors (Lipinski definition) is 0. The first-order valence-electron chi connectivity index (χ1n) is 7.08. The lowest BCUT2D eigenvalue weighted by molar-refractivity contribution is -0.384. The summed E-state index contributed by atoms with van der Waals surface area (Å²) in [5.41, 5.74) is 1.51. The van der Waals surface area contributed by atoms with E-state index in [2.05, 4.69) is 0 Å². The summed E-state index contributed by atoms with van der Waals surface area (Å²) in [6.07, 6.45) is -2.74. The maximum atomic E-state index is 12.7. The third kappa shape index (κ3) is 2.99. The van der Waals surface area contributed by atoms with Crippen LogP contribution in [0.5, 0.6) is 0 Å². The normalized spacial score (nSPS) is 14.5. The van der Waals surface area contributed by atoms with E-state index in [1.807, 2.05) is 4.90 Å². The summed E-state index contributed by atoms with van der Waals surface area (Å²) in [6.45, 7) is 0.611. The first-order valence-corrected chi connectivity index (χ1v) is 7.08. The van der Waals surface area contributed by atoms with Gasteiger partial charge >= 0.3 is 6.18 Å². The fourth-order valence-electron chi connectivity index (χ4n) is 2.78. The second-order valence-electron chi connectivity index (χ2n) is 5.37. The molecule has 1 aliphatic rings. The van der Waals surface area contributed by atoms with Crippen molar-refractivity contribution in [1.82, 2.24) is 0 Å². The van der Waals surface area contributed by atoms with Crippen LogP contribution < -0.4 is 4.90 Å². The van der Waals surface area contributed by atoms with Crippen LogP contribution in [0.1, 0.15) is 17.5 Å². The smallest absolute Gasteiger partial charge is 0.341 e. The molecule has 2 aromatic rings. The Morgan fingerprint density at radius 1 is 1.09 bits per heavy atom. The predicted octanol–water partition coefficient (Wildman–Crippen LogP) is 4.70. The van der Waals surface area contributed by atoms with Crippen LogP contribution in [0.15, 0.2) is 42.5 Å². The molecule has 1 heterocycles. The third-order valence-corrected chi connectivity index (χ3v) is 3.90. The molecule has 0 saturated carbocycles. The first kappa shape index (κ1) is 15.3. The summed E-state index contributed by atoms with van der Waals surface area (Å²) in [6, 6.07) is 9.50. The summed E-state index contributed by atoms with van der Waals surface area (Å²) >= 11 is 0. The maximum absolute atomic E-state index is 12.7. The SMILES string of the molecule is O=[N+]([O-])c1ccc2c(c1)N(c1ccc(C(F)(F)F)cc1)CCC2. The molecule has 0 spiro atoms. The number of non-ortho nitro benzene ring substituents is 1. The van der Waals surface area contributed by atoms with Crippen LogP contribution in [0.4, 0.5) is 30.2 Å². The molecule has 0 unspecified atom stereocenters. The zero-order valence-electron chi connectivity index (χ0n) is 12.0. The minimum Gasteiger partial charge on any atom is -0.341 e. The van der Waals surface area contributed by atoms with E-state index in [-0.39, 0.29) is 5.69 Å². The summed E-state index contributed by atoms with van der Waals surface area (Å²) in [7, 11) is 0. The van der Waals surface area contributed by atoms with Gasteiger partial charge in [0.1, 0.15) is 0 Å². The molecular formula is C16H13F3N2O2. The van der Waals surface area contributed by atoms with Gasteiger partial charge in [-0.25, -0.2) is 0 Å². The van der Waals surface area contributed by atoms with E-state index in [9.17, 15) is 23.3 Å². The molecule has 3 rings (SSSR count). The van der Waals surface area contributed by atoms with Crippen molar-refractivity contribution in [2.24, 2.45) is 0 Å². The van der Waals surface area contributed by atoms with Crippen LogP contribution in [-0.2, 0) is 12.6 Å². The lowest BCUT2D eigenvalue weighted by atomic mass is 10.00. The molecule has 0 N–H and O–H groups in total. The Balaban J connectivity index is 1.99. The van der Waals surface area contributed by atoms with E-state index < -0.39 is 16.7 Å². The van der Waals surface area contributed by atoms with Crippen molar-refractivity contribution >= 4 is 17.1 Å². The number of rotatable bonds is 2. The predicted molar refractivity (Wildman–Crippen MR) is 79.9 cm³/mol. The lowest BCUT2D eigenvalue weighted by Gasteiger charge is -2.31. The van der Waals surface area contributed by atoms with Gasteiger partial charge in [0.05, 0.1) is 16.2 Å². The molecule has 2 aromatic carbocycles. The van der Waals surface area contributed by atoms with Gasteiger partial charge in [-0.2, -0.15) is 13.2 Å². The molecule has 0 aliphatic carbocycles. The van der Waals surface area contributed by atoms with Crippen LogP contribution in [0.2, 0.25) is 0 Å². The van der Waals surface area contributed by atoms with Crippen molar-refractivity contribution in [3.63, 3.8) is 0 Å². The van der Waals surface area contributed by atoms with Gasteiger partial charge in [0.2, 0.25) is 0 Å². The molecule has 23 heavy (non-hydrogen) atoms. The maximum Gasteiger partial charge on any atom is 0.416 e. The van der Waals surface area contributed by atoms with E-state index in [0.717, 1.165) is 30.5 Å². The topological polar surface area (TPSA) is 46.4 Å². The highest BCUT2D eigenvalue weighted by Gasteiger charge is 2.30. The van der Waals surface area contributed by atoms with Crippen LogP contribution in [0, 0.1) is 10.1 Å². The first-order chi connectivity index (χ1) is 10.9. The number of hydrogen-bond acceptors (Lipinski definition) is 3. The van der Waals surface area contributed by atoms with Crippen LogP contribution in [-0.4, -0.2) is 11.5 Å². The van der Waals surface area contributed by atoms with Gasteiger partial charge in [-0.3, -0.25) is 10.1 Å².